The highest BCUT2D eigenvalue weighted by Gasteiger charge is 2.43. The molecule has 0 radical (unpaired) electrons. The molecule has 1 aromatic rings. The fourth-order valence-electron chi connectivity index (χ4n) is 2.52. The smallest absolute Gasteiger partial charge is 0.324 e. The fourth-order valence-corrected chi connectivity index (χ4v) is 4.04. The molecule has 1 saturated carbocycles. The molecule has 112 valence electrons. The first-order valence-corrected chi connectivity index (χ1v) is 8.02. The predicted octanol–water partition coefficient (Wildman–Crippen LogP) is 1.02. The summed E-state index contributed by atoms with van der Waals surface area (Å²) >= 11 is 0. The SMILES string of the molecule is N#Cc1ncccc1S(=O)(=O)NC1(C(=O)O)CCCCC1. The van der Waals surface area contributed by atoms with Gasteiger partial charge in [0.25, 0.3) is 0 Å². The van der Waals surface area contributed by atoms with Gasteiger partial charge in [0.2, 0.25) is 10.0 Å². The Kier molecular flexibility index (Phi) is 4.25. The number of rotatable bonds is 4. The molecule has 1 aromatic heterocycles. The molecule has 8 heteroatoms. The lowest BCUT2D eigenvalue weighted by Crippen LogP contribution is -2.55. The standard InChI is InChI=1S/C13H15N3O4S/c14-9-10-11(5-4-8-15-10)21(19,20)16-13(12(17)18)6-2-1-3-7-13/h4-5,8,16H,1-3,6-7H2,(H,17,18). The first-order chi connectivity index (χ1) is 9.91. The van der Waals surface area contributed by atoms with E-state index in [9.17, 15) is 18.3 Å². The van der Waals surface area contributed by atoms with Gasteiger partial charge < -0.3 is 5.11 Å². The lowest BCUT2D eigenvalue weighted by atomic mass is 9.83. The lowest BCUT2D eigenvalue weighted by molar-refractivity contribution is -0.145. The Morgan fingerprint density at radius 1 is 1.38 bits per heavy atom. The van der Waals surface area contributed by atoms with Crippen molar-refractivity contribution in [2.24, 2.45) is 0 Å². The third kappa shape index (κ3) is 3.04. The van der Waals surface area contributed by atoms with Crippen LogP contribution < -0.4 is 4.72 Å². The highest BCUT2D eigenvalue weighted by molar-refractivity contribution is 7.89. The average Bonchev–Trinajstić information content (AvgIpc) is 2.47. The van der Waals surface area contributed by atoms with Crippen LogP contribution in [0.2, 0.25) is 0 Å². The number of sulfonamides is 1. The van der Waals surface area contributed by atoms with E-state index in [4.69, 9.17) is 5.26 Å². The topological polar surface area (TPSA) is 120 Å². The van der Waals surface area contributed by atoms with Crippen molar-refractivity contribution in [1.82, 2.24) is 9.71 Å². The van der Waals surface area contributed by atoms with Gasteiger partial charge in [-0.25, -0.2) is 13.4 Å². The van der Waals surface area contributed by atoms with Crippen LogP contribution in [0, 0.1) is 11.3 Å². The summed E-state index contributed by atoms with van der Waals surface area (Å²) < 4.78 is 27.1. The Morgan fingerprint density at radius 3 is 2.62 bits per heavy atom. The van der Waals surface area contributed by atoms with E-state index in [1.54, 1.807) is 6.07 Å². The summed E-state index contributed by atoms with van der Waals surface area (Å²) in [5.41, 5.74) is -1.75. The lowest BCUT2D eigenvalue weighted by Gasteiger charge is -2.33. The van der Waals surface area contributed by atoms with E-state index in [1.807, 2.05) is 0 Å². The van der Waals surface area contributed by atoms with Crippen molar-refractivity contribution in [2.75, 3.05) is 0 Å². The number of carbonyl (C=O) groups is 1. The van der Waals surface area contributed by atoms with Gasteiger partial charge in [-0.15, -0.1) is 0 Å². The maximum atomic E-state index is 12.4. The second kappa shape index (κ2) is 5.79. The van der Waals surface area contributed by atoms with Crippen LogP contribution >= 0.6 is 0 Å². The molecular weight excluding hydrogens is 294 g/mol. The zero-order valence-corrected chi connectivity index (χ0v) is 12.1. The number of carboxylic acid groups (broad SMARTS) is 1. The van der Waals surface area contributed by atoms with Gasteiger partial charge in [0.05, 0.1) is 0 Å². The summed E-state index contributed by atoms with van der Waals surface area (Å²) in [7, 11) is -4.12. The number of pyridine rings is 1. The van der Waals surface area contributed by atoms with Crippen molar-refractivity contribution < 1.29 is 18.3 Å². The van der Waals surface area contributed by atoms with Crippen molar-refractivity contribution in [3.8, 4) is 6.07 Å². The number of carboxylic acids is 1. The normalized spacial score (nSPS) is 17.9. The van der Waals surface area contributed by atoms with E-state index in [0.29, 0.717) is 12.8 Å². The zero-order chi connectivity index (χ0) is 15.5. The molecule has 0 amide bonds. The largest absolute Gasteiger partial charge is 0.480 e. The summed E-state index contributed by atoms with van der Waals surface area (Å²) in [6.45, 7) is 0. The number of aliphatic carboxylic acids is 1. The van der Waals surface area contributed by atoms with Gasteiger partial charge >= 0.3 is 5.97 Å². The van der Waals surface area contributed by atoms with Crippen molar-refractivity contribution in [3.63, 3.8) is 0 Å². The molecule has 0 atom stereocenters. The highest BCUT2D eigenvalue weighted by atomic mass is 32.2. The van der Waals surface area contributed by atoms with Crippen LogP contribution in [0.5, 0.6) is 0 Å². The second-order valence-corrected chi connectivity index (χ2v) is 6.67. The first kappa shape index (κ1) is 15.4. The van der Waals surface area contributed by atoms with Crippen molar-refractivity contribution in [2.45, 2.75) is 42.5 Å². The maximum Gasteiger partial charge on any atom is 0.324 e. The van der Waals surface area contributed by atoms with Crippen LogP contribution in [0.25, 0.3) is 0 Å². The Labute approximate surface area is 122 Å². The summed E-state index contributed by atoms with van der Waals surface area (Å²) in [5, 5.41) is 18.4. The van der Waals surface area contributed by atoms with Crippen LogP contribution in [-0.2, 0) is 14.8 Å². The van der Waals surface area contributed by atoms with E-state index >= 15 is 0 Å². The van der Waals surface area contributed by atoms with Crippen LogP contribution in [0.3, 0.4) is 0 Å². The molecule has 1 aliphatic carbocycles. The van der Waals surface area contributed by atoms with Crippen LogP contribution in [0.4, 0.5) is 0 Å². The summed E-state index contributed by atoms with van der Waals surface area (Å²) in [5.74, 6) is -1.19. The minimum atomic E-state index is -4.12. The average molecular weight is 309 g/mol. The molecule has 0 saturated heterocycles. The van der Waals surface area contributed by atoms with E-state index in [0.717, 1.165) is 6.42 Å². The predicted molar refractivity (Wildman–Crippen MR) is 72.7 cm³/mol. The number of nitrogens with zero attached hydrogens (tertiary/aromatic N) is 2. The van der Waals surface area contributed by atoms with Gasteiger partial charge in [0.1, 0.15) is 16.5 Å². The van der Waals surface area contributed by atoms with Gasteiger partial charge in [0.15, 0.2) is 5.69 Å². The van der Waals surface area contributed by atoms with E-state index in [2.05, 4.69) is 9.71 Å². The van der Waals surface area contributed by atoms with Gasteiger partial charge in [-0.3, -0.25) is 4.79 Å². The molecule has 0 aromatic carbocycles. The highest BCUT2D eigenvalue weighted by Crippen LogP contribution is 2.30. The van der Waals surface area contributed by atoms with Gasteiger partial charge in [-0.05, 0) is 25.0 Å². The van der Waals surface area contributed by atoms with Gasteiger partial charge in [0, 0.05) is 6.20 Å². The second-order valence-electron chi connectivity index (χ2n) is 5.02. The van der Waals surface area contributed by atoms with Crippen LogP contribution in [0.15, 0.2) is 23.2 Å². The first-order valence-electron chi connectivity index (χ1n) is 6.54. The minimum absolute atomic E-state index is 0.240. The molecule has 0 aliphatic heterocycles. The summed E-state index contributed by atoms with van der Waals surface area (Å²) in [6, 6.07) is 4.34. The fraction of sp³-hybridized carbons (Fsp3) is 0.462. The molecule has 1 heterocycles. The summed E-state index contributed by atoms with van der Waals surface area (Å²) in [6.07, 6.45) is 3.96. The monoisotopic (exact) mass is 309 g/mol. The Balaban J connectivity index is 2.40. The Morgan fingerprint density at radius 2 is 2.05 bits per heavy atom. The molecule has 0 bridgehead atoms. The molecule has 1 aliphatic rings. The quantitative estimate of drug-likeness (QED) is 0.856. The molecular formula is C13H15N3O4S. The molecule has 7 nitrogen and oxygen atoms in total. The Hall–Kier alpha value is -1.98. The van der Waals surface area contributed by atoms with Crippen molar-refractivity contribution in [3.05, 3.63) is 24.0 Å². The Bertz CT molecular complexity index is 688. The number of nitriles is 1. The van der Waals surface area contributed by atoms with Gasteiger partial charge in [-0.2, -0.15) is 9.98 Å². The molecule has 2 rings (SSSR count). The maximum absolute atomic E-state index is 12.4. The zero-order valence-electron chi connectivity index (χ0n) is 11.2. The molecule has 21 heavy (non-hydrogen) atoms. The third-order valence-electron chi connectivity index (χ3n) is 3.61. The van der Waals surface area contributed by atoms with E-state index < -0.39 is 21.5 Å². The number of hydrogen-bond donors (Lipinski definition) is 2. The summed E-state index contributed by atoms with van der Waals surface area (Å²) in [4.78, 5) is 14.9. The van der Waals surface area contributed by atoms with Crippen LogP contribution in [0.1, 0.15) is 37.8 Å². The van der Waals surface area contributed by atoms with Crippen molar-refractivity contribution >= 4 is 16.0 Å². The van der Waals surface area contributed by atoms with Crippen molar-refractivity contribution in [1.29, 1.82) is 5.26 Å². The molecule has 2 N–H and O–H groups in total. The van der Waals surface area contributed by atoms with E-state index in [-0.39, 0.29) is 23.4 Å². The third-order valence-corrected chi connectivity index (χ3v) is 5.18. The number of hydrogen-bond acceptors (Lipinski definition) is 5. The minimum Gasteiger partial charge on any atom is -0.480 e. The molecule has 0 unspecified atom stereocenters. The number of aromatic nitrogens is 1. The van der Waals surface area contributed by atoms with Gasteiger partial charge in [-0.1, -0.05) is 19.3 Å². The molecule has 0 spiro atoms. The van der Waals surface area contributed by atoms with E-state index in [1.165, 1.54) is 18.3 Å². The van der Waals surface area contributed by atoms with Crippen LogP contribution in [-0.4, -0.2) is 30.0 Å². The number of nitrogens with one attached hydrogen (secondary N) is 1. The molecule has 1 fully saturated rings.